The third-order valence-corrected chi connectivity index (χ3v) is 10.2. The van der Waals surface area contributed by atoms with Crippen LogP contribution in [0.3, 0.4) is 0 Å². The maximum atomic E-state index is 13.1. The molecule has 0 aromatic heterocycles. The Morgan fingerprint density at radius 3 is 2.00 bits per heavy atom. The molecule has 7 rings (SSSR count). The van der Waals surface area contributed by atoms with Crippen molar-refractivity contribution < 1.29 is 29.2 Å². The molecule has 3 aromatic rings. The number of β-amino-alcohol motifs (C(OH)–C–C–N with tert-alkyl or cyclic N) is 1. The van der Waals surface area contributed by atoms with Crippen LogP contribution in [0.5, 0.6) is 23.0 Å². The molecule has 4 aliphatic rings. The van der Waals surface area contributed by atoms with Gasteiger partial charge in [0.15, 0.2) is 0 Å². The van der Waals surface area contributed by atoms with Gasteiger partial charge in [-0.1, -0.05) is 23.2 Å². The Hall–Kier alpha value is -3.21. The Balaban J connectivity index is 0.866. The Bertz CT molecular complexity index is 1600. The lowest BCUT2D eigenvalue weighted by atomic mass is 9.87. The topological polar surface area (TPSA) is 104 Å². The maximum Gasteiger partial charge on any atom is 0.238 e. The van der Waals surface area contributed by atoms with E-state index in [4.69, 9.17) is 37.4 Å². The van der Waals surface area contributed by atoms with Crippen molar-refractivity contribution in [1.29, 1.82) is 0 Å². The van der Waals surface area contributed by atoms with Gasteiger partial charge < -0.3 is 34.6 Å². The second-order valence-corrected chi connectivity index (χ2v) is 14.1. The molecule has 0 radical (unpaired) electrons. The minimum Gasteiger partial charge on any atom is -0.508 e. The highest BCUT2D eigenvalue weighted by Crippen LogP contribution is 2.43. The number of aliphatic hydroxyl groups excluding tert-OH is 1. The fourth-order valence-electron chi connectivity index (χ4n) is 7.29. The van der Waals surface area contributed by atoms with Crippen LogP contribution in [0.2, 0.25) is 10.0 Å². The Kier molecular flexibility index (Phi) is 8.71. The van der Waals surface area contributed by atoms with Crippen molar-refractivity contribution in [3.8, 4) is 23.0 Å². The van der Waals surface area contributed by atoms with E-state index >= 15 is 0 Å². The SMILES string of the molecule is O=C(CN1CCC2(CC1)Cc1cc(Cl)ccc1O2)Nc1ccc(O)cc1OC[C@H](O)CN1CCC2(CC1)Cc1cc(Cl)ccc1O2. The summed E-state index contributed by atoms with van der Waals surface area (Å²) in [4.78, 5) is 17.4. The second kappa shape index (κ2) is 12.8. The summed E-state index contributed by atoms with van der Waals surface area (Å²) in [5.74, 6) is 1.98. The molecular formula is C35H39Cl2N3O6. The third-order valence-electron chi connectivity index (χ3n) is 9.76. The van der Waals surface area contributed by atoms with Crippen molar-refractivity contribution in [1.82, 2.24) is 9.80 Å². The molecule has 46 heavy (non-hydrogen) atoms. The van der Waals surface area contributed by atoms with E-state index in [-0.39, 0.29) is 36.0 Å². The van der Waals surface area contributed by atoms with Crippen molar-refractivity contribution in [2.45, 2.75) is 55.8 Å². The summed E-state index contributed by atoms with van der Waals surface area (Å²) in [7, 11) is 0. The number of likely N-dealkylation sites (tertiary alicyclic amines) is 2. The highest BCUT2D eigenvalue weighted by Gasteiger charge is 2.43. The van der Waals surface area contributed by atoms with Gasteiger partial charge in [-0.3, -0.25) is 9.69 Å². The zero-order valence-corrected chi connectivity index (χ0v) is 27.2. The van der Waals surface area contributed by atoms with Gasteiger partial charge in [0, 0.05) is 87.4 Å². The van der Waals surface area contributed by atoms with Crippen molar-refractivity contribution in [2.24, 2.45) is 0 Å². The molecular weight excluding hydrogens is 629 g/mol. The van der Waals surface area contributed by atoms with Gasteiger partial charge in [-0.15, -0.1) is 0 Å². The van der Waals surface area contributed by atoms with E-state index in [2.05, 4.69) is 15.1 Å². The minimum atomic E-state index is -0.749. The summed E-state index contributed by atoms with van der Waals surface area (Å²) in [6.45, 7) is 3.80. The van der Waals surface area contributed by atoms with E-state index in [0.29, 0.717) is 23.0 Å². The number of nitrogens with zero attached hydrogens (tertiary/aromatic N) is 2. The van der Waals surface area contributed by atoms with Crippen LogP contribution in [-0.2, 0) is 17.6 Å². The molecule has 2 saturated heterocycles. The smallest absolute Gasteiger partial charge is 0.238 e. The highest BCUT2D eigenvalue weighted by molar-refractivity contribution is 6.31. The number of halogens is 2. The number of ether oxygens (including phenoxy) is 3. The first-order chi connectivity index (χ1) is 22.1. The summed E-state index contributed by atoms with van der Waals surface area (Å²) < 4.78 is 18.6. The van der Waals surface area contributed by atoms with E-state index in [9.17, 15) is 15.0 Å². The number of benzene rings is 3. The lowest BCUT2D eigenvalue weighted by Gasteiger charge is -2.39. The molecule has 3 aromatic carbocycles. The van der Waals surface area contributed by atoms with E-state index < -0.39 is 6.10 Å². The van der Waals surface area contributed by atoms with Gasteiger partial charge in [0.2, 0.25) is 5.91 Å². The van der Waals surface area contributed by atoms with Crippen LogP contribution in [0.25, 0.3) is 0 Å². The zero-order valence-electron chi connectivity index (χ0n) is 25.6. The molecule has 3 N–H and O–H groups in total. The molecule has 2 spiro atoms. The van der Waals surface area contributed by atoms with Crippen molar-refractivity contribution in [3.05, 3.63) is 75.8 Å². The normalized spacial score (nSPS) is 20.5. The summed E-state index contributed by atoms with van der Waals surface area (Å²) >= 11 is 12.4. The number of rotatable bonds is 8. The summed E-state index contributed by atoms with van der Waals surface area (Å²) in [6, 6.07) is 16.1. The number of aliphatic hydroxyl groups is 1. The molecule has 4 heterocycles. The Labute approximate surface area is 278 Å². The van der Waals surface area contributed by atoms with Crippen LogP contribution in [-0.4, -0.2) is 89.1 Å². The number of carbonyl (C=O) groups is 1. The van der Waals surface area contributed by atoms with Gasteiger partial charge in [0.25, 0.3) is 0 Å². The number of piperidine rings is 2. The molecule has 244 valence electrons. The molecule has 4 aliphatic heterocycles. The summed E-state index contributed by atoms with van der Waals surface area (Å²) in [5.41, 5.74) is 2.31. The van der Waals surface area contributed by atoms with Gasteiger partial charge in [0.1, 0.15) is 46.9 Å². The highest BCUT2D eigenvalue weighted by atomic mass is 35.5. The second-order valence-electron chi connectivity index (χ2n) is 13.2. The van der Waals surface area contributed by atoms with E-state index in [1.54, 1.807) is 6.07 Å². The van der Waals surface area contributed by atoms with Crippen LogP contribution in [0.1, 0.15) is 36.8 Å². The van der Waals surface area contributed by atoms with Gasteiger partial charge in [0.05, 0.1) is 12.2 Å². The number of hydrogen-bond donors (Lipinski definition) is 3. The standard InChI is InChI=1S/C35H39Cl2N3O6/c36-25-1-5-30-23(15-25)18-34(45-30)7-11-39(12-8-34)20-28(42)22-44-32-17-27(41)3-4-29(32)38-33(43)21-40-13-9-35(10-14-40)19-24-16-26(37)2-6-31(24)46-35/h1-6,15-17,28,41-42H,7-14,18-22H2,(H,38,43)/t28-/m1/s1. The van der Waals surface area contributed by atoms with E-state index in [1.807, 2.05) is 36.4 Å². The zero-order chi connectivity index (χ0) is 31.9. The van der Waals surface area contributed by atoms with E-state index in [0.717, 1.165) is 92.4 Å². The number of phenolic OH excluding ortho intramolecular Hbond substituents is 1. The summed E-state index contributed by atoms with van der Waals surface area (Å²) in [5, 5.41) is 25.3. The fourth-order valence-corrected chi connectivity index (χ4v) is 7.68. The molecule has 2 fully saturated rings. The van der Waals surface area contributed by atoms with Crippen LogP contribution in [0.15, 0.2) is 54.6 Å². The minimum absolute atomic E-state index is 0.0165. The van der Waals surface area contributed by atoms with Crippen molar-refractivity contribution in [2.75, 3.05) is 51.2 Å². The molecule has 0 bridgehead atoms. The molecule has 0 unspecified atom stereocenters. The van der Waals surface area contributed by atoms with Crippen LogP contribution in [0, 0.1) is 0 Å². The predicted octanol–water partition coefficient (Wildman–Crippen LogP) is 5.32. The quantitative estimate of drug-likeness (QED) is 0.278. The number of fused-ring (bicyclic) bond motifs is 2. The fraction of sp³-hybridized carbons (Fsp3) is 0.457. The van der Waals surface area contributed by atoms with Crippen molar-refractivity contribution >= 4 is 34.8 Å². The van der Waals surface area contributed by atoms with Gasteiger partial charge >= 0.3 is 0 Å². The number of anilines is 1. The monoisotopic (exact) mass is 667 g/mol. The third kappa shape index (κ3) is 6.89. The van der Waals surface area contributed by atoms with Crippen LogP contribution < -0.4 is 19.5 Å². The number of amides is 1. The van der Waals surface area contributed by atoms with Crippen LogP contribution in [0.4, 0.5) is 5.69 Å². The first-order valence-corrected chi connectivity index (χ1v) is 16.7. The van der Waals surface area contributed by atoms with E-state index in [1.165, 1.54) is 12.1 Å². The van der Waals surface area contributed by atoms with Crippen LogP contribution >= 0.6 is 23.2 Å². The Morgan fingerprint density at radius 1 is 0.848 bits per heavy atom. The molecule has 11 heteroatoms. The Morgan fingerprint density at radius 2 is 1.41 bits per heavy atom. The number of phenols is 1. The van der Waals surface area contributed by atoms with Gasteiger partial charge in [-0.05, 0) is 59.7 Å². The average molecular weight is 669 g/mol. The molecule has 0 saturated carbocycles. The maximum absolute atomic E-state index is 13.1. The first kappa shape index (κ1) is 31.4. The summed E-state index contributed by atoms with van der Waals surface area (Å²) in [6.07, 6.45) is 4.32. The number of carbonyl (C=O) groups excluding carboxylic acids is 1. The molecule has 0 aliphatic carbocycles. The first-order valence-electron chi connectivity index (χ1n) is 16.0. The predicted molar refractivity (Wildman–Crippen MR) is 177 cm³/mol. The molecule has 9 nitrogen and oxygen atoms in total. The number of hydrogen-bond acceptors (Lipinski definition) is 8. The average Bonchev–Trinajstić information content (AvgIpc) is 3.56. The largest absolute Gasteiger partial charge is 0.508 e. The number of nitrogens with one attached hydrogen (secondary N) is 1. The van der Waals surface area contributed by atoms with Gasteiger partial charge in [-0.2, -0.15) is 0 Å². The lowest BCUT2D eigenvalue weighted by Crippen LogP contribution is -2.49. The van der Waals surface area contributed by atoms with Crippen molar-refractivity contribution in [3.63, 3.8) is 0 Å². The molecule has 1 atom stereocenters. The number of aromatic hydroxyl groups is 1. The molecule has 1 amide bonds. The van der Waals surface area contributed by atoms with Gasteiger partial charge in [-0.25, -0.2) is 0 Å². The lowest BCUT2D eigenvalue weighted by molar-refractivity contribution is -0.118.